The van der Waals surface area contributed by atoms with Crippen molar-refractivity contribution in [1.82, 2.24) is 9.88 Å². The van der Waals surface area contributed by atoms with Crippen molar-refractivity contribution in [2.24, 2.45) is 0 Å². The molecule has 0 aliphatic carbocycles. The minimum absolute atomic E-state index is 0.0197. The molecule has 5 nitrogen and oxygen atoms in total. The number of piperidine rings is 1. The van der Waals surface area contributed by atoms with Crippen molar-refractivity contribution in [3.8, 4) is 10.4 Å². The molecule has 3 heterocycles. The summed E-state index contributed by atoms with van der Waals surface area (Å²) in [6.07, 6.45) is 4.66. The number of nitrogens with one attached hydrogen (secondary N) is 1. The minimum Gasteiger partial charge on any atom is -0.339 e. The summed E-state index contributed by atoms with van der Waals surface area (Å²) in [4.78, 5) is 33.1. The van der Waals surface area contributed by atoms with Crippen LogP contribution in [0.5, 0.6) is 0 Å². The highest BCUT2D eigenvalue weighted by Crippen LogP contribution is 2.41. The number of likely N-dealkylation sites (tertiary alicyclic amines) is 1. The number of carbonyl (C=O) groups is 2. The van der Waals surface area contributed by atoms with Crippen LogP contribution in [-0.2, 0) is 0 Å². The van der Waals surface area contributed by atoms with Gasteiger partial charge in [-0.1, -0.05) is 41.9 Å². The molecule has 154 valence electrons. The predicted molar refractivity (Wildman–Crippen MR) is 121 cm³/mol. The van der Waals surface area contributed by atoms with Crippen LogP contribution in [0.2, 0.25) is 5.15 Å². The first kappa shape index (κ1) is 20.6. The molecule has 30 heavy (non-hydrogen) atoms. The SMILES string of the molecule is Cc1c(-c2ccccc2)sc(NC(=O)c2ccnc(Cl)c2)c1C(=O)N1CCCCC1. The minimum atomic E-state index is -0.312. The number of thiophene rings is 1. The standard InChI is InChI=1S/C23H22ClN3O2S/c1-15-19(23(29)27-12-6-3-7-13-27)22(30-20(15)16-8-4-2-5-9-16)26-21(28)17-10-11-25-18(24)14-17/h2,4-5,8-11,14H,3,6-7,12-13H2,1H3,(H,26,28). The molecule has 1 aliphatic rings. The average molecular weight is 440 g/mol. The van der Waals surface area contributed by atoms with Crippen molar-refractivity contribution in [1.29, 1.82) is 0 Å². The Labute approximate surface area is 184 Å². The maximum Gasteiger partial charge on any atom is 0.257 e. The number of pyridine rings is 1. The highest BCUT2D eigenvalue weighted by Gasteiger charge is 2.28. The van der Waals surface area contributed by atoms with Crippen LogP contribution in [0.4, 0.5) is 5.00 Å². The normalized spacial score (nSPS) is 13.9. The third-order valence-corrected chi connectivity index (χ3v) is 6.72. The Morgan fingerprint density at radius 2 is 1.83 bits per heavy atom. The van der Waals surface area contributed by atoms with Crippen LogP contribution in [0.25, 0.3) is 10.4 Å². The molecule has 2 aromatic heterocycles. The van der Waals surface area contributed by atoms with Crippen LogP contribution in [0.1, 0.15) is 45.5 Å². The van der Waals surface area contributed by atoms with Crippen LogP contribution in [-0.4, -0.2) is 34.8 Å². The van der Waals surface area contributed by atoms with Crippen molar-refractivity contribution >= 4 is 39.8 Å². The lowest BCUT2D eigenvalue weighted by Gasteiger charge is -2.27. The summed E-state index contributed by atoms with van der Waals surface area (Å²) in [6, 6.07) is 13.1. The third-order valence-electron chi connectivity index (χ3n) is 5.26. The fourth-order valence-electron chi connectivity index (χ4n) is 3.70. The molecule has 4 rings (SSSR count). The third kappa shape index (κ3) is 4.25. The Bertz CT molecular complexity index is 1080. The van der Waals surface area contributed by atoms with E-state index in [0.29, 0.717) is 16.1 Å². The molecule has 1 aromatic carbocycles. The van der Waals surface area contributed by atoms with Crippen molar-refractivity contribution in [3.63, 3.8) is 0 Å². The van der Waals surface area contributed by atoms with Crippen LogP contribution in [0.15, 0.2) is 48.7 Å². The lowest BCUT2D eigenvalue weighted by atomic mass is 10.0. The summed E-state index contributed by atoms with van der Waals surface area (Å²) in [5, 5.41) is 3.77. The highest BCUT2D eigenvalue weighted by molar-refractivity contribution is 7.20. The van der Waals surface area contributed by atoms with E-state index in [0.717, 1.165) is 48.4 Å². The molecule has 1 fully saturated rings. The molecule has 0 bridgehead atoms. The fourth-order valence-corrected chi connectivity index (χ4v) is 5.07. The molecular formula is C23H22ClN3O2S. The molecule has 0 spiro atoms. The monoisotopic (exact) mass is 439 g/mol. The second kappa shape index (κ2) is 8.98. The zero-order chi connectivity index (χ0) is 21.1. The lowest BCUT2D eigenvalue weighted by molar-refractivity contribution is 0.0725. The average Bonchev–Trinajstić information content (AvgIpc) is 3.10. The second-order valence-corrected chi connectivity index (χ2v) is 8.71. The first-order chi connectivity index (χ1) is 14.5. The van der Waals surface area contributed by atoms with Gasteiger partial charge in [0, 0.05) is 29.7 Å². The summed E-state index contributed by atoms with van der Waals surface area (Å²) in [5.41, 5.74) is 2.90. The number of carbonyl (C=O) groups excluding carboxylic acids is 2. The van der Waals surface area contributed by atoms with E-state index < -0.39 is 0 Å². The van der Waals surface area contributed by atoms with Gasteiger partial charge in [0.25, 0.3) is 11.8 Å². The van der Waals surface area contributed by atoms with Gasteiger partial charge in [0.05, 0.1) is 5.56 Å². The highest BCUT2D eigenvalue weighted by atomic mass is 35.5. The Morgan fingerprint density at radius 3 is 2.53 bits per heavy atom. The quantitative estimate of drug-likeness (QED) is 0.534. The zero-order valence-corrected chi connectivity index (χ0v) is 18.2. The van der Waals surface area contributed by atoms with Gasteiger partial charge in [0.2, 0.25) is 0 Å². The molecule has 0 saturated carbocycles. The molecule has 1 N–H and O–H groups in total. The Hall–Kier alpha value is -2.70. The van der Waals surface area contributed by atoms with Crippen molar-refractivity contribution in [2.45, 2.75) is 26.2 Å². The largest absolute Gasteiger partial charge is 0.339 e. The number of benzene rings is 1. The van der Waals surface area contributed by atoms with Crippen LogP contribution in [0, 0.1) is 6.92 Å². The fraction of sp³-hybridized carbons (Fsp3) is 0.261. The Balaban J connectivity index is 1.73. The maximum absolute atomic E-state index is 13.4. The van der Waals surface area contributed by atoms with E-state index in [1.165, 1.54) is 23.6 Å². The number of halogens is 1. The number of hydrogen-bond acceptors (Lipinski definition) is 4. The van der Waals surface area contributed by atoms with Gasteiger partial charge >= 0.3 is 0 Å². The number of amides is 2. The van der Waals surface area contributed by atoms with Crippen molar-refractivity contribution in [3.05, 3.63) is 70.5 Å². The van der Waals surface area contributed by atoms with Crippen molar-refractivity contribution < 1.29 is 9.59 Å². The topological polar surface area (TPSA) is 62.3 Å². The number of nitrogens with zero attached hydrogens (tertiary/aromatic N) is 2. The number of rotatable bonds is 4. The van der Waals surface area contributed by atoms with Crippen LogP contribution in [0.3, 0.4) is 0 Å². The Kier molecular flexibility index (Phi) is 6.16. The van der Waals surface area contributed by atoms with Crippen LogP contribution >= 0.6 is 22.9 Å². The molecule has 0 unspecified atom stereocenters. The Morgan fingerprint density at radius 1 is 1.10 bits per heavy atom. The molecule has 2 amide bonds. The summed E-state index contributed by atoms with van der Waals surface area (Å²) in [6.45, 7) is 3.46. The van der Waals surface area contributed by atoms with Gasteiger partial charge in [-0.15, -0.1) is 11.3 Å². The first-order valence-corrected chi connectivity index (χ1v) is 11.1. The van der Waals surface area contributed by atoms with E-state index in [9.17, 15) is 9.59 Å². The molecule has 7 heteroatoms. The van der Waals surface area contributed by atoms with Gasteiger partial charge in [-0.25, -0.2) is 4.98 Å². The molecule has 3 aromatic rings. The molecule has 0 atom stereocenters. The van der Waals surface area contributed by atoms with E-state index in [1.54, 1.807) is 6.07 Å². The molecule has 1 aliphatic heterocycles. The first-order valence-electron chi connectivity index (χ1n) is 9.95. The van der Waals surface area contributed by atoms with Gasteiger partial charge in [0.15, 0.2) is 0 Å². The summed E-state index contributed by atoms with van der Waals surface area (Å²) in [5.74, 6) is -0.332. The smallest absolute Gasteiger partial charge is 0.257 e. The van der Waals surface area contributed by atoms with E-state index in [1.807, 2.05) is 42.2 Å². The summed E-state index contributed by atoms with van der Waals surface area (Å²) >= 11 is 7.37. The zero-order valence-electron chi connectivity index (χ0n) is 16.7. The number of hydrogen-bond donors (Lipinski definition) is 1. The van der Waals surface area contributed by atoms with Crippen LogP contribution < -0.4 is 5.32 Å². The van der Waals surface area contributed by atoms with Crippen molar-refractivity contribution in [2.75, 3.05) is 18.4 Å². The van der Waals surface area contributed by atoms with Gasteiger partial charge in [-0.2, -0.15) is 0 Å². The predicted octanol–water partition coefficient (Wildman–Crippen LogP) is 5.65. The van der Waals surface area contributed by atoms with E-state index >= 15 is 0 Å². The second-order valence-electron chi connectivity index (χ2n) is 7.30. The maximum atomic E-state index is 13.4. The number of anilines is 1. The van der Waals surface area contributed by atoms with Gasteiger partial charge in [-0.3, -0.25) is 9.59 Å². The van der Waals surface area contributed by atoms with E-state index in [-0.39, 0.29) is 17.0 Å². The summed E-state index contributed by atoms with van der Waals surface area (Å²) < 4.78 is 0. The van der Waals surface area contributed by atoms with E-state index in [2.05, 4.69) is 10.3 Å². The molecular weight excluding hydrogens is 418 g/mol. The van der Waals surface area contributed by atoms with Gasteiger partial charge in [0.1, 0.15) is 10.2 Å². The van der Waals surface area contributed by atoms with Gasteiger partial charge < -0.3 is 10.2 Å². The molecule has 1 saturated heterocycles. The summed E-state index contributed by atoms with van der Waals surface area (Å²) in [7, 11) is 0. The van der Waals surface area contributed by atoms with Gasteiger partial charge in [-0.05, 0) is 49.4 Å². The lowest BCUT2D eigenvalue weighted by Crippen LogP contribution is -2.36. The van der Waals surface area contributed by atoms with E-state index in [4.69, 9.17) is 11.6 Å². The number of aromatic nitrogens is 1. The molecule has 0 radical (unpaired) electrons.